The van der Waals surface area contributed by atoms with Crippen molar-refractivity contribution in [2.75, 3.05) is 16.7 Å². The summed E-state index contributed by atoms with van der Waals surface area (Å²) in [6.45, 7) is 1.39. The minimum atomic E-state index is -4.63. The lowest BCUT2D eigenvalue weighted by molar-refractivity contribution is 0.482. The highest BCUT2D eigenvalue weighted by atomic mass is 32.2. The number of aryl methyl sites for hydroxylation is 1. The van der Waals surface area contributed by atoms with Gasteiger partial charge in [-0.05, 0) is 42.8 Å². The fourth-order valence-corrected chi connectivity index (χ4v) is 5.01. The molecule has 12 heteroatoms. The molecule has 2 aromatic rings. The van der Waals surface area contributed by atoms with Crippen LogP contribution >= 0.6 is 0 Å². The summed E-state index contributed by atoms with van der Waals surface area (Å²) in [5.74, 6) is 0. The van der Waals surface area contributed by atoms with Gasteiger partial charge in [0.05, 0.1) is 26.6 Å². The molecule has 0 heterocycles. The Kier molecular flexibility index (Phi) is 5.07. The molecule has 0 aliphatic rings. The highest BCUT2D eigenvalue weighted by molar-refractivity contribution is 7.92. The summed E-state index contributed by atoms with van der Waals surface area (Å²) in [6, 6.07) is 6.72. The van der Waals surface area contributed by atoms with E-state index in [9.17, 15) is 29.8 Å². The van der Waals surface area contributed by atoms with Crippen molar-refractivity contribution in [3.05, 3.63) is 42.0 Å². The normalized spacial score (nSPS) is 12.7. The molecule has 0 aliphatic carbocycles. The van der Waals surface area contributed by atoms with Crippen LogP contribution in [-0.2, 0) is 30.0 Å². The number of sulfonamides is 1. The van der Waals surface area contributed by atoms with Gasteiger partial charge in [0.15, 0.2) is 0 Å². The van der Waals surface area contributed by atoms with E-state index in [0.717, 1.165) is 24.5 Å². The second kappa shape index (κ2) is 6.54. The van der Waals surface area contributed by atoms with Crippen LogP contribution in [0.2, 0.25) is 0 Å². The molecular formula is C14H16N2O7S3. The number of nitrogens with one attached hydrogen (secondary N) is 1. The van der Waals surface area contributed by atoms with Gasteiger partial charge in [-0.15, -0.1) is 0 Å². The molecule has 0 bridgehead atoms. The zero-order valence-electron chi connectivity index (χ0n) is 13.7. The number of hydrogen-bond donors (Lipinski definition) is 3. The lowest BCUT2D eigenvalue weighted by Crippen LogP contribution is -2.12. The van der Waals surface area contributed by atoms with E-state index in [-0.39, 0.29) is 16.9 Å². The van der Waals surface area contributed by atoms with Gasteiger partial charge in [0.1, 0.15) is 0 Å². The molecule has 0 radical (unpaired) electrons. The van der Waals surface area contributed by atoms with Crippen LogP contribution in [-0.4, -0.2) is 36.1 Å². The average Bonchev–Trinajstić information content (AvgIpc) is 2.46. The first-order valence-corrected chi connectivity index (χ1v) is 11.7. The Morgan fingerprint density at radius 1 is 0.923 bits per heavy atom. The van der Waals surface area contributed by atoms with E-state index in [1.807, 2.05) is 0 Å². The fourth-order valence-electron chi connectivity index (χ4n) is 2.20. The standard InChI is InChI=1S/C14H16N2O7S3/c1-9-3-5-11(8-13(9)26(21,22)23)25(19,20)14-7-10(4-6-12(14)15)16-24(2,17)18/h3-8,16H,15H2,1-2H3,(H,21,22,23). The molecule has 26 heavy (non-hydrogen) atoms. The summed E-state index contributed by atoms with van der Waals surface area (Å²) in [7, 11) is -12.6. The van der Waals surface area contributed by atoms with Crippen molar-refractivity contribution in [2.45, 2.75) is 21.6 Å². The average molecular weight is 420 g/mol. The summed E-state index contributed by atoms with van der Waals surface area (Å²) < 4.78 is 82.5. The first-order chi connectivity index (χ1) is 11.7. The Bertz CT molecular complexity index is 1190. The van der Waals surface area contributed by atoms with E-state index in [1.54, 1.807) is 0 Å². The predicted molar refractivity (Wildman–Crippen MR) is 95.8 cm³/mol. The maximum atomic E-state index is 12.8. The molecule has 142 valence electrons. The number of benzene rings is 2. The first kappa shape index (κ1) is 20.2. The largest absolute Gasteiger partial charge is 0.398 e. The fraction of sp³-hybridized carbons (Fsp3) is 0.143. The number of hydrogen-bond acceptors (Lipinski definition) is 7. The Hall–Kier alpha value is -2.15. The molecule has 0 saturated heterocycles. The second-order valence-corrected chi connectivity index (χ2v) is 10.6. The molecule has 0 unspecified atom stereocenters. The molecule has 4 N–H and O–H groups in total. The number of nitrogens with two attached hydrogens (primary N) is 1. The Morgan fingerprint density at radius 3 is 2.08 bits per heavy atom. The molecule has 0 atom stereocenters. The van der Waals surface area contributed by atoms with Crippen LogP contribution in [0.4, 0.5) is 11.4 Å². The minimum Gasteiger partial charge on any atom is -0.398 e. The summed E-state index contributed by atoms with van der Waals surface area (Å²) in [4.78, 5) is -1.38. The molecule has 9 nitrogen and oxygen atoms in total. The molecule has 2 aromatic carbocycles. The van der Waals surface area contributed by atoms with Gasteiger partial charge in [0, 0.05) is 5.69 Å². The van der Waals surface area contributed by atoms with Crippen LogP contribution in [0.25, 0.3) is 0 Å². The molecule has 0 saturated carbocycles. The monoisotopic (exact) mass is 420 g/mol. The SMILES string of the molecule is Cc1ccc(S(=O)(=O)c2cc(NS(C)(=O)=O)ccc2N)cc1S(=O)(=O)O. The van der Waals surface area contributed by atoms with Gasteiger partial charge in [0.25, 0.3) is 10.1 Å². The van der Waals surface area contributed by atoms with Crippen LogP contribution in [0.15, 0.2) is 51.1 Å². The van der Waals surface area contributed by atoms with Crippen LogP contribution in [0.1, 0.15) is 5.56 Å². The van der Waals surface area contributed by atoms with Gasteiger partial charge in [-0.25, -0.2) is 16.8 Å². The molecule has 0 aromatic heterocycles. The molecular weight excluding hydrogens is 404 g/mol. The minimum absolute atomic E-state index is 0.0256. The van der Waals surface area contributed by atoms with E-state index in [4.69, 9.17) is 5.73 Å². The third kappa shape index (κ3) is 4.33. The van der Waals surface area contributed by atoms with E-state index in [1.165, 1.54) is 25.1 Å². The number of sulfone groups is 1. The zero-order valence-corrected chi connectivity index (χ0v) is 16.1. The molecule has 0 fully saturated rings. The zero-order chi connectivity index (χ0) is 19.9. The van der Waals surface area contributed by atoms with Gasteiger partial charge in [-0.1, -0.05) is 6.07 Å². The highest BCUT2D eigenvalue weighted by Crippen LogP contribution is 2.30. The van der Waals surface area contributed by atoms with Gasteiger partial charge >= 0.3 is 0 Å². The predicted octanol–water partition coefficient (Wildman–Crippen LogP) is 1.03. The second-order valence-electron chi connectivity index (χ2n) is 5.53. The van der Waals surface area contributed by atoms with Gasteiger partial charge in [-0.2, -0.15) is 8.42 Å². The van der Waals surface area contributed by atoms with Gasteiger partial charge < -0.3 is 5.73 Å². The quantitative estimate of drug-likeness (QED) is 0.477. The lowest BCUT2D eigenvalue weighted by atomic mass is 10.2. The van der Waals surface area contributed by atoms with Crippen molar-refractivity contribution in [3.8, 4) is 0 Å². The van der Waals surface area contributed by atoms with E-state index in [2.05, 4.69) is 4.72 Å². The van der Waals surface area contributed by atoms with E-state index in [0.29, 0.717) is 0 Å². The van der Waals surface area contributed by atoms with Crippen molar-refractivity contribution in [1.82, 2.24) is 0 Å². The van der Waals surface area contributed by atoms with E-state index < -0.39 is 44.7 Å². The maximum absolute atomic E-state index is 12.8. The van der Waals surface area contributed by atoms with Crippen molar-refractivity contribution >= 4 is 41.4 Å². The summed E-state index contributed by atoms with van der Waals surface area (Å²) in [5, 5.41) is 0. The van der Waals surface area contributed by atoms with Crippen LogP contribution in [0.5, 0.6) is 0 Å². The summed E-state index contributed by atoms with van der Waals surface area (Å²) in [5.41, 5.74) is 5.69. The van der Waals surface area contributed by atoms with Crippen molar-refractivity contribution in [2.24, 2.45) is 0 Å². The van der Waals surface area contributed by atoms with Crippen molar-refractivity contribution in [3.63, 3.8) is 0 Å². The van der Waals surface area contributed by atoms with Gasteiger partial charge in [0.2, 0.25) is 19.9 Å². The lowest BCUT2D eigenvalue weighted by Gasteiger charge is -2.12. The summed E-state index contributed by atoms with van der Waals surface area (Å²) >= 11 is 0. The van der Waals surface area contributed by atoms with Crippen molar-refractivity contribution < 1.29 is 29.8 Å². The van der Waals surface area contributed by atoms with Crippen LogP contribution in [0, 0.1) is 6.92 Å². The third-order valence-electron chi connectivity index (χ3n) is 3.35. The molecule has 0 amide bonds. The number of rotatable bonds is 5. The molecule has 2 rings (SSSR count). The molecule has 0 spiro atoms. The number of nitrogen functional groups attached to an aromatic ring is 1. The first-order valence-electron chi connectivity index (χ1n) is 6.92. The Morgan fingerprint density at radius 2 is 1.54 bits per heavy atom. The molecule has 0 aliphatic heterocycles. The summed E-state index contributed by atoms with van der Waals surface area (Å²) in [6.07, 6.45) is 0.899. The Labute approximate surface area is 151 Å². The maximum Gasteiger partial charge on any atom is 0.294 e. The Balaban J connectivity index is 2.67. The smallest absolute Gasteiger partial charge is 0.294 e. The van der Waals surface area contributed by atoms with Crippen LogP contribution < -0.4 is 10.5 Å². The third-order valence-corrected chi connectivity index (χ3v) is 6.76. The highest BCUT2D eigenvalue weighted by Gasteiger charge is 2.24. The number of anilines is 2. The van der Waals surface area contributed by atoms with E-state index >= 15 is 0 Å². The van der Waals surface area contributed by atoms with Crippen LogP contribution in [0.3, 0.4) is 0 Å². The van der Waals surface area contributed by atoms with Crippen molar-refractivity contribution in [1.29, 1.82) is 0 Å². The van der Waals surface area contributed by atoms with Gasteiger partial charge in [-0.3, -0.25) is 9.27 Å². The topological polar surface area (TPSA) is 161 Å².